The van der Waals surface area contributed by atoms with Crippen LogP contribution in [0.2, 0.25) is 0 Å². The topological polar surface area (TPSA) is 76.3 Å². The molecule has 0 bridgehead atoms. The van der Waals surface area contributed by atoms with Gasteiger partial charge in [0.25, 0.3) is 0 Å². The van der Waals surface area contributed by atoms with Crippen LogP contribution in [0.15, 0.2) is 18.3 Å². The van der Waals surface area contributed by atoms with Gasteiger partial charge in [0, 0.05) is 19.2 Å². The highest BCUT2D eigenvalue weighted by molar-refractivity contribution is 5.99. The van der Waals surface area contributed by atoms with Gasteiger partial charge in [0.05, 0.1) is 5.92 Å². The highest BCUT2D eigenvalue weighted by Crippen LogP contribution is 2.23. The van der Waals surface area contributed by atoms with Crippen molar-refractivity contribution in [3.05, 3.63) is 23.9 Å². The molecule has 0 radical (unpaired) electrons. The molecular formula is C11H13N3O2. The number of carbonyl (C=O) groups excluding carboxylic acids is 2. The van der Waals surface area contributed by atoms with Crippen molar-refractivity contribution in [2.75, 3.05) is 11.4 Å². The standard InChI is InChI=1S/C11H13N3O2/c1-7-2-3-9(13-5-7)14-6-8(11(12)16)4-10(14)15/h2-3,5,8H,4,6H2,1H3,(H2,12,16). The maximum absolute atomic E-state index is 11.7. The number of pyridine rings is 1. The number of aryl methyl sites for hydroxylation is 1. The van der Waals surface area contributed by atoms with E-state index in [-0.39, 0.29) is 12.3 Å². The lowest BCUT2D eigenvalue weighted by Gasteiger charge is -2.14. The number of anilines is 1. The van der Waals surface area contributed by atoms with E-state index < -0.39 is 11.8 Å². The molecule has 1 aromatic heterocycles. The predicted octanol–water partition coefficient (Wildman–Crippen LogP) is 0.228. The highest BCUT2D eigenvalue weighted by Gasteiger charge is 2.34. The largest absolute Gasteiger partial charge is 0.369 e. The van der Waals surface area contributed by atoms with Gasteiger partial charge < -0.3 is 5.73 Å². The molecule has 0 spiro atoms. The third-order valence-electron chi connectivity index (χ3n) is 2.70. The summed E-state index contributed by atoms with van der Waals surface area (Å²) in [5, 5.41) is 0. The predicted molar refractivity (Wildman–Crippen MR) is 58.6 cm³/mol. The number of nitrogens with two attached hydrogens (primary N) is 1. The molecule has 0 aromatic carbocycles. The molecule has 1 aliphatic rings. The van der Waals surface area contributed by atoms with Gasteiger partial charge in [-0.1, -0.05) is 6.07 Å². The number of primary amides is 1. The Morgan fingerprint density at radius 3 is 2.81 bits per heavy atom. The van der Waals surface area contributed by atoms with Gasteiger partial charge in [-0.3, -0.25) is 14.5 Å². The lowest BCUT2D eigenvalue weighted by molar-refractivity contribution is -0.123. The van der Waals surface area contributed by atoms with Crippen molar-refractivity contribution >= 4 is 17.6 Å². The van der Waals surface area contributed by atoms with Crippen molar-refractivity contribution in [1.29, 1.82) is 0 Å². The number of hydrogen-bond acceptors (Lipinski definition) is 3. The average molecular weight is 219 g/mol. The molecule has 1 atom stereocenters. The van der Waals surface area contributed by atoms with E-state index in [4.69, 9.17) is 5.73 Å². The molecule has 5 nitrogen and oxygen atoms in total. The lowest BCUT2D eigenvalue weighted by atomic mass is 10.1. The zero-order chi connectivity index (χ0) is 11.7. The van der Waals surface area contributed by atoms with Crippen LogP contribution in [0.1, 0.15) is 12.0 Å². The Morgan fingerprint density at radius 1 is 1.56 bits per heavy atom. The number of amides is 2. The van der Waals surface area contributed by atoms with Crippen LogP contribution in [0.5, 0.6) is 0 Å². The Morgan fingerprint density at radius 2 is 2.31 bits per heavy atom. The van der Waals surface area contributed by atoms with Gasteiger partial charge in [-0.2, -0.15) is 0 Å². The summed E-state index contributed by atoms with van der Waals surface area (Å²) in [5.74, 6) is -0.335. The summed E-state index contributed by atoms with van der Waals surface area (Å²) in [7, 11) is 0. The maximum Gasteiger partial charge on any atom is 0.229 e. The van der Waals surface area contributed by atoms with Crippen LogP contribution in [0.25, 0.3) is 0 Å². The SMILES string of the molecule is Cc1ccc(N2CC(C(N)=O)CC2=O)nc1. The second-order valence-corrected chi connectivity index (χ2v) is 4.00. The number of nitrogens with zero attached hydrogens (tertiary/aromatic N) is 2. The molecule has 2 N–H and O–H groups in total. The fourth-order valence-corrected chi connectivity index (χ4v) is 1.74. The van der Waals surface area contributed by atoms with Crippen LogP contribution in [0, 0.1) is 12.8 Å². The third-order valence-corrected chi connectivity index (χ3v) is 2.70. The summed E-state index contributed by atoms with van der Waals surface area (Å²) < 4.78 is 0. The van der Waals surface area contributed by atoms with E-state index in [1.807, 2.05) is 13.0 Å². The number of rotatable bonds is 2. The minimum Gasteiger partial charge on any atom is -0.369 e. The van der Waals surface area contributed by atoms with Crippen LogP contribution in [0.3, 0.4) is 0 Å². The summed E-state index contributed by atoms with van der Waals surface area (Å²) in [5.41, 5.74) is 6.22. The van der Waals surface area contributed by atoms with E-state index in [0.29, 0.717) is 12.4 Å². The monoisotopic (exact) mass is 219 g/mol. The van der Waals surface area contributed by atoms with Crippen LogP contribution >= 0.6 is 0 Å². The quantitative estimate of drug-likeness (QED) is 0.773. The van der Waals surface area contributed by atoms with E-state index >= 15 is 0 Å². The first-order chi connectivity index (χ1) is 7.58. The van der Waals surface area contributed by atoms with Gasteiger partial charge in [0.2, 0.25) is 11.8 Å². The van der Waals surface area contributed by atoms with Crippen LogP contribution in [0.4, 0.5) is 5.82 Å². The minimum absolute atomic E-state index is 0.0971. The first kappa shape index (κ1) is 10.6. The normalized spacial score (nSPS) is 20.2. The lowest BCUT2D eigenvalue weighted by Crippen LogP contribution is -2.28. The zero-order valence-corrected chi connectivity index (χ0v) is 9.01. The smallest absolute Gasteiger partial charge is 0.229 e. The minimum atomic E-state index is -0.428. The summed E-state index contributed by atoms with van der Waals surface area (Å²) >= 11 is 0. The van der Waals surface area contributed by atoms with Crippen molar-refractivity contribution in [3.8, 4) is 0 Å². The van der Waals surface area contributed by atoms with Crippen molar-refractivity contribution in [3.63, 3.8) is 0 Å². The summed E-state index contributed by atoms with van der Waals surface area (Å²) in [6.07, 6.45) is 1.88. The molecule has 1 unspecified atom stereocenters. The molecule has 0 aliphatic carbocycles. The van der Waals surface area contributed by atoms with E-state index in [9.17, 15) is 9.59 Å². The van der Waals surface area contributed by atoms with E-state index in [0.717, 1.165) is 5.56 Å². The molecule has 1 fully saturated rings. The molecule has 16 heavy (non-hydrogen) atoms. The van der Waals surface area contributed by atoms with Crippen molar-refractivity contribution in [2.24, 2.45) is 11.7 Å². The van der Waals surface area contributed by atoms with E-state index in [1.165, 1.54) is 4.90 Å². The molecule has 2 rings (SSSR count). The Kier molecular flexibility index (Phi) is 2.60. The first-order valence-electron chi connectivity index (χ1n) is 5.10. The summed E-state index contributed by atoms with van der Waals surface area (Å²) in [6, 6.07) is 3.66. The molecule has 1 aromatic rings. The van der Waals surface area contributed by atoms with Gasteiger partial charge in [-0.25, -0.2) is 4.98 Å². The highest BCUT2D eigenvalue weighted by atomic mass is 16.2. The molecule has 2 amide bonds. The fourth-order valence-electron chi connectivity index (χ4n) is 1.74. The molecule has 1 aliphatic heterocycles. The van der Waals surface area contributed by atoms with Gasteiger partial charge in [-0.05, 0) is 18.6 Å². The second kappa shape index (κ2) is 3.92. The maximum atomic E-state index is 11.7. The molecule has 1 saturated heterocycles. The van der Waals surface area contributed by atoms with Crippen molar-refractivity contribution in [1.82, 2.24) is 4.98 Å². The van der Waals surface area contributed by atoms with Crippen molar-refractivity contribution < 1.29 is 9.59 Å². The first-order valence-corrected chi connectivity index (χ1v) is 5.10. The third kappa shape index (κ3) is 1.88. The molecule has 2 heterocycles. The molecule has 5 heteroatoms. The van der Waals surface area contributed by atoms with Gasteiger partial charge in [0.1, 0.15) is 5.82 Å². The van der Waals surface area contributed by atoms with Crippen LogP contribution < -0.4 is 10.6 Å². The Balaban J connectivity index is 2.20. The van der Waals surface area contributed by atoms with Crippen molar-refractivity contribution in [2.45, 2.75) is 13.3 Å². The van der Waals surface area contributed by atoms with Gasteiger partial charge in [-0.15, -0.1) is 0 Å². The van der Waals surface area contributed by atoms with Crippen LogP contribution in [-0.4, -0.2) is 23.3 Å². The number of aromatic nitrogens is 1. The Hall–Kier alpha value is -1.91. The number of hydrogen-bond donors (Lipinski definition) is 1. The van der Waals surface area contributed by atoms with Gasteiger partial charge in [0.15, 0.2) is 0 Å². The summed E-state index contributed by atoms with van der Waals surface area (Å²) in [6.45, 7) is 2.26. The molecule has 84 valence electrons. The van der Waals surface area contributed by atoms with E-state index in [2.05, 4.69) is 4.98 Å². The zero-order valence-electron chi connectivity index (χ0n) is 9.01. The Labute approximate surface area is 93.3 Å². The van der Waals surface area contributed by atoms with E-state index in [1.54, 1.807) is 12.3 Å². The molecule has 0 saturated carbocycles. The fraction of sp³-hybridized carbons (Fsp3) is 0.364. The average Bonchev–Trinajstić information content (AvgIpc) is 2.62. The summed E-state index contributed by atoms with van der Waals surface area (Å²) in [4.78, 5) is 28.3. The second-order valence-electron chi connectivity index (χ2n) is 4.00. The molecular weight excluding hydrogens is 206 g/mol. The number of carbonyl (C=O) groups is 2. The van der Waals surface area contributed by atoms with Gasteiger partial charge >= 0.3 is 0 Å². The van der Waals surface area contributed by atoms with Crippen LogP contribution in [-0.2, 0) is 9.59 Å². The Bertz CT molecular complexity index is 427.